The molecule has 0 N–H and O–H groups in total. The van der Waals surface area contributed by atoms with E-state index in [1.54, 1.807) is 12.3 Å². The largest absolute Gasteiger partial charge is 0.548 e. The first kappa shape index (κ1) is 14.7. The highest BCUT2D eigenvalue weighted by Crippen LogP contribution is 2.32. The second-order valence-corrected chi connectivity index (χ2v) is 6.27. The van der Waals surface area contributed by atoms with E-state index in [1.165, 1.54) is 0 Å². The maximum absolute atomic E-state index is 12.2. The first-order valence-electron chi connectivity index (χ1n) is 6.34. The number of pyridine rings is 1. The van der Waals surface area contributed by atoms with Crippen molar-refractivity contribution in [3.63, 3.8) is 0 Å². The third kappa shape index (κ3) is 2.86. The van der Waals surface area contributed by atoms with Crippen LogP contribution in [-0.4, -0.2) is 32.6 Å². The number of thiocarbonyl (C=S) groups is 1. The zero-order chi connectivity index (χ0) is 15.7. The summed E-state index contributed by atoms with van der Waals surface area (Å²) < 4.78 is 0.225. The predicted molar refractivity (Wildman–Crippen MR) is 86.6 cm³/mol. The molecule has 1 fully saturated rings. The van der Waals surface area contributed by atoms with Crippen LogP contribution in [0, 0.1) is 0 Å². The lowest BCUT2D eigenvalue weighted by Crippen LogP contribution is -2.40. The minimum absolute atomic E-state index is 0.225. The fourth-order valence-electron chi connectivity index (χ4n) is 2.10. The number of aromatic nitrogens is 1. The van der Waals surface area contributed by atoms with E-state index in [2.05, 4.69) is 4.98 Å². The van der Waals surface area contributed by atoms with Gasteiger partial charge in [0.15, 0.2) is 0 Å². The SMILES string of the molecule is O=C([O-])CN1C(=O)/C(=C/c2ccc3ncccc3c2)SC1=S. The molecule has 1 aromatic carbocycles. The first-order chi connectivity index (χ1) is 10.5. The van der Waals surface area contributed by atoms with Crippen molar-refractivity contribution in [2.45, 2.75) is 0 Å². The molecule has 1 aliphatic heterocycles. The first-order valence-corrected chi connectivity index (χ1v) is 7.57. The summed E-state index contributed by atoms with van der Waals surface area (Å²) in [5.41, 5.74) is 1.69. The number of carboxylic acid groups (broad SMARTS) is 1. The van der Waals surface area contributed by atoms with E-state index in [0.717, 1.165) is 33.1 Å². The van der Waals surface area contributed by atoms with E-state index < -0.39 is 18.4 Å². The van der Waals surface area contributed by atoms with Crippen LogP contribution in [0.1, 0.15) is 5.56 Å². The maximum Gasteiger partial charge on any atom is 0.266 e. The van der Waals surface area contributed by atoms with Crippen molar-refractivity contribution < 1.29 is 14.7 Å². The molecule has 0 aliphatic carbocycles. The number of thioether (sulfide) groups is 1. The van der Waals surface area contributed by atoms with Gasteiger partial charge in [0.05, 0.1) is 22.9 Å². The number of fused-ring (bicyclic) bond motifs is 1. The van der Waals surface area contributed by atoms with Crippen molar-refractivity contribution in [2.75, 3.05) is 6.54 Å². The van der Waals surface area contributed by atoms with Crippen LogP contribution in [0.15, 0.2) is 41.4 Å². The molecule has 1 saturated heterocycles. The number of hydrogen-bond donors (Lipinski definition) is 0. The van der Waals surface area contributed by atoms with E-state index in [1.807, 2.05) is 30.3 Å². The summed E-state index contributed by atoms with van der Waals surface area (Å²) in [4.78, 5) is 28.5. The monoisotopic (exact) mass is 329 g/mol. The van der Waals surface area contributed by atoms with Gasteiger partial charge in [0.1, 0.15) is 4.32 Å². The second kappa shape index (κ2) is 5.86. The van der Waals surface area contributed by atoms with Crippen molar-refractivity contribution in [3.05, 3.63) is 47.0 Å². The summed E-state index contributed by atoms with van der Waals surface area (Å²) >= 11 is 6.12. The topological polar surface area (TPSA) is 73.3 Å². The van der Waals surface area contributed by atoms with Crippen LogP contribution in [0.3, 0.4) is 0 Å². The number of rotatable bonds is 3. The highest BCUT2D eigenvalue weighted by atomic mass is 32.2. The van der Waals surface area contributed by atoms with Crippen molar-refractivity contribution in [1.29, 1.82) is 0 Å². The number of carbonyl (C=O) groups excluding carboxylic acids is 2. The van der Waals surface area contributed by atoms with Crippen LogP contribution in [0.5, 0.6) is 0 Å². The molecule has 7 heteroatoms. The lowest BCUT2D eigenvalue weighted by molar-refractivity contribution is -0.305. The summed E-state index contributed by atoms with van der Waals surface area (Å²) in [6.45, 7) is -0.524. The average molecular weight is 329 g/mol. The molecule has 22 heavy (non-hydrogen) atoms. The Morgan fingerprint density at radius 1 is 1.41 bits per heavy atom. The molecule has 1 aromatic heterocycles. The highest BCUT2D eigenvalue weighted by molar-refractivity contribution is 8.26. The normalized spacial score (nSPS) is 16.7. The highest BCUT2D eigenvalue weighted by Gasteiger charge is 2.31. The summed E-state index contributed by atoms with van der Waals surface area (Å²) in [6, 6.07) is 9.39. The Bertz CT molecular complexity index is 832. The number of aliphatic carboxylic acids is 1. The van der Waals surface area contributed by atoms with E-state index in [4.69, 9.17) is 12.2 Å². The Kier molecular flexibility index (Phi) is 3.91. The molecule has 1 aliphatic rings. The summed E-state index contributed by atoms with van der Waals surface area (Å²) in [5, 5.41) is 11.6. The molecule has 0 atom stereocenters. The molecule has 0 spiro atoms. The van der Waals surface area contributed by atoms with Gasteiger partial charge in [-0.05, 0) is 29.8 Å². The summed E-state index contributed by atoms with van der Waals surface area (Å²) in [7, 11) is 0. The number of nitrogens with zero attached hydrogens (tertiary/aromatic N) is 2. The lowest BCUT2D eigenvalue weighted by Gasteiger charge is -2.14. The van der Waals surface area contributed by atoms with Crippen LogP contribution in [0.25, 0.3) is 17.0 Å². The van der Waals surface area contributed by atoms with Gasteiger partial charge in [-0.1, -0.05) is 36.1 Å². The molecule has 0 saturated carbocycles. The Morgan fingerprint density at radius 3 is 3.00 bits per heavy atom. The Labute approximate surface area is 135 Å². The van der Waals surface area contributed by atoms with Gasteiger partial charge in [-0.2, -0.15) is 0 Å². The molecular formula is C15H9N2O3S2-. The third-order valence-electron chi connectivity index (χ3n) is 3.09. The van der Waals surface area contributed by atoms with Gasteiger partial charge < -0.3 is 9.90 Å². The Hall–Kier alpha value is -2.25. The lowest BCUT2D eigenvalue weighted by atomic mass is 10.1. The molecule has 0 unspecified atom stereocenters. The molecular weight excluding hydrogens is 320 g/mol. The minimum atomic E-state index is -1.34. The van der Waals surface area contributed by atoms with Gasteiger partial charge in [0.25, 0.3) is 5.91 Å². The van der Waals surface area contributed by atoms with Crippen LogP contribution in [-0.2, 0) is 9.59 Å². The van der Waals surface area contributed by atoms with Gasteiger partial charge in [-0.3, -0.25) is 14.7 Å². The number of carboxylic acids is 1. The molecule has 3 rings (SSSR count). The van der Waals surface area contributed by atoms with Crippen molar-refractivity contribution in [2.24, 2.45) is 0 Å². The smallest absolute Gasteiger partial charge is 0.266 e. The van der Waals surface area contributed by atoms with Crippen molar-refractivity contribution >= 4 is 57.2 Å². The number of hydrogen-bond acceptors (Lipinski definition) is 6. The van der Waals surface area contributed by atoms with Gasteiger partial charge in [-0.15, -0.1) is 0 Å². The summed E-state index contributed by atoms with van der Waals surface area (Å²) in [6.07, 6.45) is 3.41. The number of benzene rings is 1. The van der Waals surface area contributed by atoms with Crippen molar-refractivity contribution in [1.82, 2.24) is 9.88 Å². The fourth-order valence-corrected chi connectivity index (χ4v) is 3.36. The van der Waals surface area contributed by atoms with Gasteiger partial charge in [0.2, 0.25) is 0 Å². The summed E-state index contributed by atoms with van der Waals surface area (Å²) in [5.74, 6) is -1.75. The molecule has 5 nitrogen and oxygen atoms in total. The fraction of sp³-hybridized carbons (Fsp3) is 0.0667. The molecule has 110 valence electrons. The van der Waals surface area contributed by atoms with Crippen LogP contribution < -0.4 is 5.11 Å². The van der Waals surface area contributed by atoms with E-state index in [-0.39, 0.29) is 4.32 Å². The molecule has 0 bridgehead atoms. The molecule has 2 aromatic rings. The molecule has 1 amide bonds. The van der Waals surface area contributed by atoms with E-state index in [9.17, 15) is 14.7 Å². The maximum atomic E-state index is 12.2. The van der Waals surface area contributed by atoms with Gasteiger partial charge in [0, 0.05) is 11.6 Å². The quantitative estimate of drug-likeness (QED) is 0.622. The van der Waals surface area contributed by atoms with Crippen LogP contribution in [0.4, 0.5) is 0 Å². The average Bonchev–Trinajstić information content (AvgIpc) is 2.74. The number of amides is 1. The van der Waals surface area contributed by atoms with Gasteiger partial charge >= 0.3 is 0 Å². The number of carbonyl (C=O) groups is 2. The molecule has 0 radical (unpaired) electrons. The zero-order valence-corrected chi connectivity index (χ0v) is 12.8. The molecule has 2 heterocycles. The van der Waals surface area contributed by atoms with E-state index >= 15 is 0 Å². The van der Waals surface area contributed by atoms with Crippen molar-refractivity contribution in [3.8, 4) is 0 Å². The minimum Gasteiger partial charge on any atom is -0.548 e. The van der Waals surface area contributed by atoms with Gasteiger partial charge in [-0.25, -0.2) is 0 Å². The van der Waals surface area contributed by atoms with Crippen LogP contribution >= 0.6 is 24.0 Å². The zero-order valence-electron chi connectivity index (χ0n) is 11.2. The Morgan fingerprint density at radius 2 is 2.23 bits per heavy atom. The Balaban J connectivity index is 1.92. The van der Waals surface area contributed by atoms with Crippen LogP contribution in [0.2, 0.25) is 0 Å². The third-order valence-corrected chi connectivity index (χ3v) is 4.46. The second-order valence-electron chi connectivity index (χ2n) is 4.60. The predicted octanol–water partition coefficient (Wildman–Crippen LogP) is 1.19. The standard InChI is InChI=1S/C15H10N2O3S2/c18-13(19)8-17-14(20)12(22-15(17)21)7-9-3-4-11-10(6-9)2-1-5-16-11/h1-7H,8H2,(H,18,19)/p-1/b12-7-. The van der Waals surface area contributed by atoms with E-state index in [0.29, 0.717) is 4.91 Å².